The van der Waals surface area contributed by atoms with Gasteiger partial charge in [0.1, 0.15) is 5.75 Å². The second-order valence-electron chi connectivity index (χ2n) is 3.65. The molecule has 0 fully saturated rings. The summed E-state index contributed by atoms with van der Waals surface area (Å²) in [5.74, 6) is 1.72. The SMILES string of the molecule is Cc1cc(Cl)ccc1Oc1cc(CCl)ccn1. The second kappa shape index (κ2) is 5.39. The Kier molecular flexibility index (Phi) is 3.87. The van der Waals surface area contributed by atoms with E-state index in [-0.39, 0.29) is 0 Å². The molecule has 4 heteroatoms. The van der Waals surface area contributed by atoms with E-state index >= 15 is 0 Å². The molecule has 0 N–H and O–H groups in total. The quantitative estimate of drug-likeness (QED) is 0.760. The standard InChI is InChI=1S/C13H11Cl2NO/c1-9-6-11(15)2-3-12(9)17-13-7-10(8-14)4-5-16-13/h2-7H,8H2,1H3. The molecule has 2 rings (SSSR count). The summed E-state index contributed by atoms with van der Waals surface area (Å²) in [5.41, 5.74) is 1.94. The number of alkyl halides is 1. The molecule has 0 aliphatic heterocycles. The summed E-state index contributed by atoms with van der Waals surface area (Å²) >= 11 is 11.6. The Balaban J connectivity index is 2.25. The third-order valence-electron chi connectivity index (χ3n) is 2.31. The van der Waals surface area contributed by atoms with Gasteiger partial charge in [-0.25, -0.2) is 4.98 Å². The molecule has 2 nitrogen and oxygen atoms in total. The predicted molar refractivity (Wildman–Crippen MR) is 70.1 cm³/mol. The van der Waals surface area contributed by atoms with Crippen LogP contribution >= 0.6 is 23.2 Å². The number of halogens is 2. The van der Waals surface area contributed by atoms with E-state index in [9.17, 15) is 0 Å². The van der Waals surface area contributed by atoms with Crippen molar-refractivity contribution in [2.24, 2.45) is 0 Å². The zero-order valence-corrected chi connectivity index (χ0v) is 10.8. The lowest BCUT2D eigenvalue weighted by Gasteiger charge is -2.08. The smallest absolute Gasteiger partial charge is 0.219 e. The van der Waals surface area contributed by atoms with Crippen molar-refractivity contribution in [1.82, 2.24) is 4.98 Å². The minimum Gasteiger partial charge on any atom is -0.439 e. The first-order chi connectivity index (χ1) is 8.19. The van der Waals surface area contributed by atoms with Crippen LogP contribution in [-0.2, 0) is 5.88 Å². The average Bonchev–Trinajstić information content (AvgIpc) is 2.33. The van der Waals surface area contributed by atoms with E-state index in [1.807, 2.05) is 31.2 Å². The van der Waals surface area contributed by atoms with Crippen LogP contribution in [0.25, 0.3) is 0 Å². The van der Waals surface area contributed by atoms with Gasteiger partial charge in [-0.2, -0.15) is 0 Å². The number of aryl methyl sites for hydroxylation is 1. The highest BCUT2D eigenvalue weighted by Crippen LogP contribution is 2.26. The Morgan fingerprint density at radius 1 is 1.24 bits per heavy atom. The third kappa shape index (κ3) is 3.11. The van der Waals surface area contributed by atoms with Crippen molar-refractivity contribution in [3.8, 4) is 11.6 Å². The van der Waals surface area contributed by atoms with Crippen molar-refractivity contribution in [2.45, 2.75) is 12.8 Å². The molecule has 1 aromatic carbocycles. The van der Waals surface area contributed by atoms with Gasteiger partial charge in [0.25, 0.3) is 0 Å². The molecule has 17 heavy (non-hydrogen) atoms. The zero-order chi connectivity index (χ0) is 12.3. The van der Waals surface area contributed by atoms with E-state index in [0.717, 1.165) is 16.9 Å². The van der Waals surface area contributed by atoms with Crippen molar-refractivity contribution >= 4 is 23.2 Å². The fraction of sp³-hybridized carbons (Fsp3) is 0.154. The summed E-state index contributed by atoms with van der Waals surface area (Å²) in [6.07, 6.45) is 1.68. The highest BCUT2D eigenvalue weighted by molar-refractivity contribution is 6.30. The van der Waals surface area contributed by atoms with Crippen molar-refractivity contribution < 1.29 is 4.74 Å². The first-order valence-corrected chi connectivity index (χ1v) is 6.05. The van der Waals surface area contributed by atoms with Gasteiger partial charge in [-0.15, -0.1) is 11.6 Å². The summed E-state index contributed by atoms with van der Waals surface area (Å²) in [5, 5.41) is 0.692. The van der Waals surface area contributed by atoms with Gasteiger partial charge in [0.2, 0.25) is 5.88 Å². The topological polar surface area (TPSA) is 22.1 Å². The van der Waals surface area contributed by atoms with Gasteiger partial charge in [-0.1, -0.05) is 11.6 Å². The maximum atomic E-state index is 5.88. The summed E-state index contributed by atoms with van der Waals surface area (Å²) in [7, 11) is 0. The van der Waals surface area contributed by atoms with Gasteiger partial charge in [0, 0.05) is 23.2 Å². The van der Waals surface area contributed by atoms with Crippen molar-refractivity contribution in [2.75, 3.05) is 0 Å². The second-order valence-corrected chi connectivity index (χ2v) is 4.35. The predicted octanol–water partition coefficient (Wildman–Crippen LogP) is 4.57. The highest BCUT2D eigenvalue weighted by atomic mass is 35.5. The van der Waals surface area contributed by atoms with Crippen LogP contribution in [0.1, 0.15) is 11.1 Å². The van der Waals surface area contributed by atoms with Gasteiger partial charge >= 0.3 is 0 Å². The van der Waals surface area contributed by atoms with Crippen molar-refractivity contribution in [1.29, 1.82) is 0 Å². The Morgan fingerprint density at radius 2 is 2.06 bits per heavy atom. The molecule has 0 unspecified atom stereocenters. The van der Waals surface area contributed by atoms with E-state index in [0.29, 0.717) is 16.8 Å². The lowest BCUT2D eigenvalue weighted by Crippen LogP contribution is -1.91. The van der Waals surface area contributed by atoms with Crippen LogP contribution < -0.4 is 4.74 Å². The highest BCUT2D eigenvalue weighted by Gasteiger charge is 2.03. The molecule has 0 saturated heterocycles. The van der Waals surface area contributed by atoms with E-state index in [1.165, 1.54) is 0 Å². The Bertz CT molecular complexity index is 529. The minimum absolute atomic E-state index is 0.443. The monoisotopic (exact) mass is 267 g/mol. The van der Waals surface area contributed by atoms with Crippen LogP contribution in [0.2, 0.25) is 5.02 Å². The Labute approximate surface area is 110 Å². The lowest BCUT2D eigenvalue weighted by atomic mass is 10.2. The molecular formula is C13H11Cl2NO. The maximum Gasteiger partial charge on any atom is 0.219 e. The number of ether oxygens (including phenoxy) is 1. The molecule has 2 aromatic rings. The van der Waals surface area contributed by atoms with E-state index in [4.69, 9.17) is 27.9 Å². The van der Waals surface area contributed by atoms with Crippen LogP contribution in [0.4, 0.5) is 0 Å². The normalized spacial score (nSPS) is 10.3. The first-order valence-electron chi connectivity index (χ1n) is 5.14. The molecular weight excluding hydrogens is 257 g/mol. The number of benzene rings is 1. The van der Waals surface area contributed by atoms with Gasteiger partial charge in [0.15, 0.2) is 0 Å². The number of nitrogens with zero attached hydrogens (tertiary/aromatic N) is 1. The van der Waals surface area contributed by atoms with Gasteiger partial charge in [-0.05, 0) is 42.3 Å². The Hall–Kier alpha value is -1.25. The van der Waals surface area contributed by atoms with Gasteiger partial charge in [0.05, 0.1) is 0 Å². The number of hydrogen-bond acceptors (Lipinski definition) is 2. The summed E-state index contributed by atoms with van der Waals surface area (Å²) in [6, 6.07) is 9.14. The van der Waals surface area contributed by atoms with Crippen molar-refractivity contribution in [3.63, 3.8) is 0 Å². The number of aromatic nitrogens is 1. The van der Waals surface area contributed by atoms with E-state index < -0.39 is 0 Å². The molecule has 0 aliphatic carbocycles. The fourth-order valence-electron chi connectivity index (χ4n) is 1.43. The van der Waals surface area contributed by atoms with Crippen LogP contribution in [0.5, 0.6) is 11.6 Å². The number of pyridine rings is 1. The average molecular weight is 268 g/mol. The molecule has 0 bridgehead atoms. The molecule has 0 amide bonds. The van der Waals surface area contributed by atoms with Crippen LogP contribution in [0.3, 0.4) is 0 Å². The van der Waals surface area contributed by atoms with E-state index in [2.05, 4.69) is 4.98 Å². The van der Waals surface area contributed by atoms with Gasteiger partial charge < -0.3 is 4.74 Å². The molecule has 0 radical (unpaired) electrons. The largest absolute Gasteiger partial charge is 0.439 e. The number of rotatable bonds is 3. The summed E-state index contributed by atoms with van der Waals surface area (Å²) in [4.78, 5) is 4.13. The summed E-state index contributed by atoms with van der Waals surface area (Å²) < 4.78 is 5.68. The summed E-state index contributed by atoms with van der Waals surface area (Å²) in [6.45, 7) is 1.94. The maximum absolute atomic E-state index is 5.88. The molecule has 0 spiro atoms. The first kappa shape index (κ1) is 12.2. The van der Waals surface area contributed by atoms with Crippen molar-refractivity contribution in [3.05, 3.63) is 52.7 Å². The molecule has 88 valence electrons. The fourth-order valence-corrected chi connectivity index (χ4v) is 1.82. The molecule has 0 saturated carbocycles. The number of hydrogen-bond donors (Lipinski definition) is 0. The van der Waals surface area contributed by atoms with Gasteiger partial charge in [-0.3, -0.25) is 0 Å². The van der Waals surface area contributed by atoms with E-state index in [1.54, 1.807) is 12.3 Å². The third-order valence-corrected chi connectivity index (χ3v) is 2.85. The van der Waals surface area contributed by atoms with Crippen LogP contribution in [-0.4, -0.2) is 4.98 Å². The van der Waals surface area contributed by atoms with Crippen LogP contribution in [0.15, 0.2) is 36.5 Å². The minimum atomic E-state index is 0.443. The zero-order valence-electron chi connectivity index (χ0n) is 9.28. The molecule has 1 aromatic heterocycles. The molecule has 0 atom stereocenters. The van der Waals surface area contributed by atoms with Crippen LogP contribution in [0, 0.1) is 6.92 Å². The molecule has 1 heterocycles. The lowest BCUT2D eigenvalue weighted by molar-refractivity contribution is 0.459. The molecule has 0 aliphatic rings. The Morgan fingerprint density at radius 3 is 2.76 bits per heavy atom.